The summed E-state index contributed by atoms with van der Waals surface area (Å²) in [6.07, 6.45) is 0. The Bertz CT molecular complexity index is 878. The van der Waals surface area contributed by atoms with E-state index in [2.05, 4.69) is 0 Å². The molecule has 0 unspecified atom stereocenters. The molecule has 0 saturated carbocycles. The van der Waals surface area contributed by atoms with Crippen molar-refractivity contribution in [2.45, 2.75) is 13.8 Å². The molecular formula is C22H20O3. The minimum Gasteiger partial charge on any atom is -0.497 e. The van der Waals surface area contributed by atoms with Crippen molar-refractivity contribution in [2.24, 2.45) is 0 Å². The Morgan fingerprint density at radius 2 is 1.36 bits per heavy atom. The van der Waals surface area contributed by atoms with Crippen molar-refractivity contribution in [1.29, 1.82) is 0 Å². The Balaban J connectivity index is 1.80. The fourth-order valence-corrected chi connectivity index (χ4v) is 2.55. The topological polar surface area (TPSA) is 35.5 Å². The molecule has 0 spiro atoms. The SMILES string of the molecule is COc1ccc(C(=O)c2ccc(Oc3ccc(C)cc3)c(C)c2)cc1. The largest absolute Gasteiger partial charge is 0.497 e. The second-order valence-corrected chi connectivity index (χ2v) is 5.95. The third-order valence-corrected chi connectivity index (χ3v) is 4.04. The molecule has 0 fully saturated rings. The summed E-state index contributed by atoms with van der Waals surface area (Å²) in [5.74, 6) is 2.24. The minimum absolute atomic E-state index is 0.0207. The van der Waals surface area contributed by atoms with Crippen LogP contribution in [0.25, 0.3) is 0 Å². The molecule has 0 aliphatic carbocycles. The van der Waals surface area contributed by atoms with Crippen LogP contribution in [-0.4, -0.2) is 12.9 Å². The monoisotopic (exact) mass is 332 g/mol. The van der Waals surface area contributed by atoms with Gasteiger partial charge in [0.05, 0.1) is 7.11 Å². The third-order valence-electron chi connectivity index (χ3n) is 4.04. The van der Waals surface area contributed by atoms with Crippen LogP contribution < -0.4 is 9.47 Å². The molecule has 0 bridgehead atoms. The first-order valence-corrected chi connectivity index (χ1v) is 8.11. The molecule has 0 N–H and O–H groups in total. The Morgan fingerprint density at radius 1 is 0.760 bits per heavy atom. The highest BCUT2D eigenvalue weighted by Crippen LogP contribution is 2.27. The van der Waals surface area contributed by atoms with Crippen LogP contribution in [-0.2, 0) is 0 Å². The van der Waals surface area contributed by atoms with Crippen molar-refractivity contribution in [2.75, 3.05) is 7.11 Å². The zero-order chi connectivity index (χ0) is 17.8. The molecule has 3 nitrogen and oxygen atoms in total. The van der Waals surface area contributed by atoms with E-state index >= 15 is 0 Å². The zero-order valence-corrected chi connectivity index (χ0v) is 14.6. The molecule has 0 aliphatic heterocycles. The van der Waals surface area contributed by atoms with Crippen molar-refractivity contribution >= 4 is 5.78 Å². The Labute approximate surface area is 147 Å². The van der Waals surface area contributed by atoms with Crippen LogP contribution in [0, 0.1) is 13.8 Å². The maximum absolute atomic E-state index is 12.6. The van der Waals surface area contributed by atoms with Crippen molar-refractivity contribution in [1.82, 2.24) is 0 Å². The molecule has 25 heavy (non-hydrogen) atoms. The average molecular weight is 332 g/mol. The summed E-state index contributed by atoms with van der Waals surface area (Å²) in [5.41, 5.74) is 3.37. The van der Waals surface area contributed by atoms with E-state index < -0.39 is 0 Å². The van der Waals surface area contributed by atoms with E-state index in [0.29, 0.717) is 11.1 Å². The first-order valence-electron chi connectivity index (χ1n) is 8.11. The van der Waals surface area contributed by atoms with E-state index in [-0.39, 0.29) is 5.78 Å². The van der Waals surface area contributed by atoms with Gasteiger partial charge in [-0.3, -0.25) is 4.79 Å². The van der Waals surface area contributed by atoms with Gasteiger partial charge >= 0.3 is 0 Å². The number of hydrogen-bond acceptors (Lipinski definition) is 3. The van der Waals surface area contributed by atoms with Gasteiger partial charge in [-0.05, 0) is 74.0 Å². The summed E-state index contributed by atoms with van der Waals surface area (Å²) in [5, 5.41) is 0. The molecule has 126 valence electrons. The lowest BCUT2D eigenvalue weighted by Gasteiger charge is -2.10. The van der Waals surface area contributed by atoms with Crippen LogP contribution in [0.5, 0.6) is 17.2 Å². The van der Waals surface area contributed by atoms with Gasteiger partial charge in [0.25, 0.3) is 0 Å². The van der Waals surface area contributed by atoms with E-state index in [1.54, 1.807) is 37.4 Å². The van der Waals surface area contributed by atoms with Crippen LogP contribution in [0.4, 0.5) is 0 Å². The summed E-state index contributed by atoms with van der Waals surface area (Å²) in [4.78, 5) is 12.6. The minimum atomic E-state index is -0.0207. The van der Waals surface area contributed by atoms with E-state index in [1.165, 1.54) is 5.56 Å². The molecule has 0 radical (unpaired) electrons. The van der Waals surface area contributed by atoms with Gasteiger partial charge in [-0.15, -0.1) is 0 Å². The van der Waals surface area contributed by atoms with Gasteiger partial charge in [0, 0.05) is 11.1 Å². The smallest absolute Gasteiger partial charge is 0.193 e. The van der Waals surface area contributed by atoms with Crippen LogP contribution in [0.3, 0.4) is 0 Å². The maximum atomic E-state index is 12.6. The Hall–Kier alpha value is -3.07. The standard InChI is InChI=1S/C22H20O3/c1-15-4-9-20(10-5-15)25-21-13-8-18(14-16(21)2)22(23)17-6-11-19(24-3)12-7-17/h4-14H,1-3H3. The van der Waals surface area contributed by atoms with Gasteiger partial charge in [-0.25, -0.2) is 0 Å². The van der Waals surface area contributed by atoms with Crippen LogP contribution >= 0.6 is 0 Å². The predicted molar refractivity (Wildman–Crippen MR) is 98.9 cm³/mol. The molecule has 3 heteroatoms. The number of hydrogen-bond donors (Lipinski definition) is 0. The zero-order valence-electron chi connectivity index (χ0n) is 14.6. The summed E-state index contributed by atoms with van der Waals surface area (Å²) in [6.45, 7) is 3.98. The van der Waals surface area contributed by atoms with Crippen molar-refractivity contribution in [3.63, 3.8) is 0 Å². The number of ketones is 1. The normalized spacial score (nSPS) is 10.4. The average Bonchev–Trinajstić information content (AvgIpc) is 2.64. The first kappa shape index (κ1) is 16.8. The molecule has 3 aromatic carbocycles. The van der Waals surface area contributed by atoms with Gasteiger partial charge in [0.2, 0.25) is 0 Å². The lowest BCUT2D eigenvalue weighted by molar-refractivity contribution is 0.103. The highest BCUT2D eigenvalue weighted by Gasteiger charge is 2.11. The summed E-state index contributed by atoms with van der Waals surface area (Å²) in [7, 11) is 1.60. The molecule has 3 rings (SSSR count). The Kier molecular flexibility index (Phi) is 4.85. The van der Waals surface area contributed by atoms with E-state index in [9.17, 15) is 4.79 Å². The fourth-order valence-electron chi connectivity index (χ4n) is 2.55. The van der Waals surface area contributed by atoms with E-state index in [0.717, 1.165) is 22.8 Å². The summed E-state index contributed by atoms with van der Waals surface area (Å²) in [6, 6.07) is 20.5. The van der Waals surface area contributed by atoms with E-state index in [4.69, 9.17) is 9.47 Å². The lowest BCUT2D eigenvalue weighted by Crippen LogP contribution is -2.02. The highest BCUT2D eigenvalue weighted by molar-refractivity contribution is 6.09. The third kappa shape index (κ3) is 3.89. The van der Waals surface area contributed by atoms with Crippen molar-refractivity contribution < 1.29 is 14.3 Å². The Morgan fingerprint density at radius 3 is 1.96 bits per heavy atom. The number of aryl methyl sites for hydroxylation is 2. The second-order valence-electron chi connectivity index (χ2n) is 5.95. The molecule has 3 aromatic rings. The number of benzene rings is 3. The molecule has 0 atom stereocenters. The molecule has 0 heterocycles. The molecule has 0 amide bonds. The first-order chi connectivity index (χ1) is 12.1. The van der Waals surface area contributed by atoms with Gasteiger partial charge in [0.15, 0.2) is 5.78 Å². The van der Waals surface area contributed by atoms with Crippen molar-refractivity contribution in [3.8, 4) is 17.2 Å². The molecule has 0 saturated heterocycles. The maximum Gasteiger partial charge on any atom is 0.193 e. The number of carbonyl (C=O) groups excluding carboxylic acids is 1. The van der Waals surface area contributed by atoms with Gasteiger partial charge < -0.3 is 9.47 Å². The quantitative estimate of drug-likeness (QED) is 0.592. The molecular weight excluding hydrogens is 312 g/mol. The fraction of sp³-hybridized carbons (Fsp3) is 0.136. The van der Waals surface area contributed by atoms with E-state index in [1.807, 2.05) is 50.2 Å². The summed E-state index contributed by atoms with van der Waals surface area (Å²) < 4.78 is 11.0. The van der Waals surface area contributed by atoms with Gasteiger partial charge in [-0.2, -0.15) is 0 Å². The lowest BCUT2D eigenvalue weighted by atomic mass is 10.0. The van der Waals surface area contributed by atoms with Gasteiger partial charge in [0.1, 0.15) is 17.2 Å². The molecule has 0 aromatic heterocycles. The van der Waals surface area contributed by atoms with Crippen LogP contribution in [0.15, 0.2) is 66.7 Å². The second kappa shape index (κ2) is 7.22. The number of carbonyl (C=O) groups is 1. The van der Waals surface area contributed by atoms with Crippen LogP contribution in [0.2, 0.25) is 0 Å². The van der Waals surface area contributed by atoms with Crippen LogP contribution in [0.1, 0.15) is 27.0 Å². The van der Waals surface area contributed by atoms with Gasteiger partial charge in [-0.1, -0.05) is 17.7 Å². The number of ether oxygens (including phenoxy) is 2. The number of rotatable bonds is 5. The predicted octanol–water partition coefficient (Wildman–Crippen LogP) is 5.34. The highest BCUT2D eigenvalue weighted by atomic mass is 16.5. The molecule has 0 aliphatic rings. The number of methoxy groups -OCH3 is 1. The van der Waals surface area contributed by atoms with Crippen molar-refractivity contribution in [3.05, 3.63) is 89.0 Å². The summed E-state index contributed by atoms with van der Waals surface area (Å²) >= 11 is 0.